The molecular weight excluding hydrogens is 249 g/mol. The van der Waals surface area contributed by atoms with Gasteiger partial charge in [0.25, 0.3) is 5.91 Å². The van der Waals surface area contributed by atoms with Crippen LogP contribution in [0.25, 0.3) is 0 Å². The summed E-state index contributed by atoms with van der Waals surface area (Å²) in [5.41, 5.74) is 0.719. The van der Waals surface area contributed by atoms with Gasteiger partial charge in [-0.15, -0.1) is 0 Å². The Hall–Kier alpha value is -2.56. The number of halogens is 1. The summed E-state index contributed by atoms with van der Waals surface area (Å²) < 4.78 is 12.8. The third-order valence-electron chi connectivity index (χ3n) is 2.57. The quantitative estimate of drug-likeness (QED) is 0.793. The van der Waals surface area contributed by atoms with Crippen LogP contribution in [0.5, 0.6) is 11.5 Å². The monoisotopic (exact) mass is 261 g/mol. The minimum absolute atomic E-state index is 0.00144. The van der Waals surface area contributed by atoms with E-state index in [2.05, 4.69) is 5.32 Å². The molecule has 2 aromatic carbocycles. The summed E-state index contributed by atoms with van der Waals surface area (Å²) in [5, 5.41) is 21.3. The molecular formula is C14H12FNO3. The lowest BCUT2D eigenvalue weighted by Crippen LogP contribution is -2.22. The van der Waals surface area contributed by atoms with Crippen molar-refractivity contribution < 1.29 is 19.4 Å². The van der Waals surface area contributed by atoms with Crippen LogP contribution in [0.15, 0.2) is 42.5 Å². The molecule has 3 N–H and O–H groups in total. The molecule has 0 radical (unpaired) electrons. The van der Waals surface area contributed by atoms with Gasteiger partial charge in [-0.25, -0.2) is 4.39 Å². The number of phenols is 2. The van der Waals surface area contributed by atoms with Gasteiger partial charge < -0.3 is 15.5 Å². The van der Waals surface area contributed by atoms with Crippen molar-refractivity contribution in [1.82, 2.24) is 5.32 Å². The van der Waals surface area contributed by atoms with E-state index in [4.69, 9.17) is 0 Å². The molecule has 2 aromatic rings. The first-order valence-corrected chi connectivity index (χ1v) is 5.61. The number of rotatable bonds is 3. The normalized spacial score (nSPS) is 10.2. The summed E-state index contributed by atoms with van der Waals surface area (Å²) in [6.07, 6.45) is 0. The van der Waals surface area contributed by atoms with Gasteiger partial charge in [-0.2, -0.15) is 0 Å². The Labute approximate surface area is 109 Å². The Morgan fingerprint density at radius 2 is 1.95 bits per heavy atom. The zero-order chi connectivity index (χ0) is 13.8. The van der Waals surface area contributed by atoms with E-state index in [0.29, 0.717) is 0 Å². The van der Waals surface area contributed by atoms with Crippen LogP contribution in [0.2, 0.25) is 0 Å². The smallest absolute Gasteiger partial charge is 0.255 e. The highest BCUT2D eigenvalue weighted by atomic mass is 19.1. The van der Waals surface area contributed by atoms with Gasteiger partial charge in [0.05, 0.1) is 5.56 Å². The number of benzene rings is 2. The molecule has 2 rings (SSSR count). The van der Waals surface area contributed by atoms with E-state index in [0.717, 1.165) is 17.7 Å². The first-order valence-electron chi connectivity index (χ1n) is 5.61. The van der Waals surface area contributed by atoms with Gasteiger partial charge >= 0.3 is 0 Å². The van der Waals surface area contributed by atoms with Crippen molar-refractivity contribution >= 4 is 5.91 Å². The average molecular weight is 261 g/mol. The Morgan fingerprint density at radius 3 is 2.63 bits per heavy atom. The number of hydrogen-bond acceptors (Lipinski definition) is 3. The molecule has 4 nitrogen and oxygen atoms in total. The second-order valence-corrected chi connectivity index (χ2v) is 4.01. The summed E-state index contributed by atoms with van der Waals surface area (Å²) in [4.78, 5) is 11.8. The Balaban J connectivity index is 2.05. The van der Waals surface area contributed by atoms with E-state index in [1.54, 1.807) is 12.1 Å². The molecule has 0 aromatic heterocycles. The van der Waals surface area contributed by atoms with Gasteiger partial charge in [-0.05, 0) is 29.8 Å². The lowest BCUT2D eigenvalue weighted by Gasteiger charge is -2.07. The van der Waals surface area contributed by atoms with Crippen molar-refractivity contribution in [3.63, 3.8) is 0 Å². The Bertz CT molecular complexity index is 613. The van der Waals surface area contributed by atoms with Gasteiger partial charge in [-0.3, -0.25) is 4.79 Å². The van der Waals surface area contributed by atoms with Crippen LogP contribution in [0, 0.1) is 5.82 Å². The number of amides is 1. The van der Waals surface area contributed by atoms with Gasteiger partial charge in [0.2, 0.25) is 0 Å². The van der Waals surface area contributed by atoms with E-state index < -0.39 is 17.5 Å². The predicted molar refractivity (Wildman–Crippen MR) is 67.3 cm³/mol. The summed E-state index contributed by atoms with van der Waals surface area (Å²) in [6.45, 7) is 0.198. The number of carbonyl (C=O) groups is 1. The molecule has 0 aliphatic heterocycles. The SMILES string of the molecule is O=C(NCc1cccc(O)c1)c1ccc(F)cc1O. The molecule has 19 heavy (non-hydrogen) atoms. The molecule has 98 valence electrons. The van der Waals surface area contributed by atoms with Crippen LogP contribution in [-0.4, -0.2) is 16.1 Å². The third kappa shape index (κ3) is 3.22. The minimum atomic E-state index is -0.609. The van der Waals surface area contributed by atoms with Crippen LogP contribution in [-0.2, 0) is 6.54 Å². The third-order valence-corrected chi connectivity index (χ3v) is 2.57. The average Bonchev–Trinajstić information content (AvgIpc) is 2.36. The number of aromatic hydroxyl groups is 2. The van der Waals surface area contributed by atoms with E-state index in [1.165, 1.54) is 18.2 Å². The standard InChI is InChI=1S/C14H12FNO3/c15-10-4-5-12(13(18)7-10)14(19)16-8-9-2-1-3-11(17)6-9/h1-7,17-18H,8H2,(H,16,19). The molecule has 0 saturated carbocycles. The number of hydrogen-bond donors (Lipinski definition) is 3. The van der Waals surface area contributed by atoms with Crippen LogP contribution < -0.4 is 5.32 Å². The highest BCUT2D eigenvalue weighted by Crippen LogP contribution is 2.18. The van der Waals surface area contributed by atoms with Crippen LogP contribution in [0.4, 0.5) is 4.39 Å². The zero-order valence-corrected chi connectivity index (χ0v) is 9.93. The fourth-order valence-electron chi connectivity index (χ4n) is 1.64. The fourth-order valence-corrected chi connectivity index (χ4v) is 1.64. The molecule has 0 unspecified atom stereocenters. The summed E-state index contributed by atoms with van der Waals surface area (Å²) in [5.74, 6) is -1.42. The van der Waals surface area contributed by atoms with Crippen molar-refractivity contribution in [2.45, 2.75) is 6.54 Å². The maximum absolute atomic E-state index is 12.8. The minimum Gasteiger partial charge on any atom is -0.508 e. The number of nitrogens with one attached hydrogen (secondary N) is 1. The van der Waals surface area contributed by atoms with Crippen molar-refractivity contribution in [2.75, 3.05) is 0 Å². The molecule has 0 fully saturated rings. The van der Waals surface area contributed by atoms with E-state index in [1.807, 2.05) is 0 Å². The second-order valence-electron chi connectivity index (χ2n) is 4.01. The lowest BCUT2D eigenvalue weighted by molar-refractivity contribution is 0.0948. The molecule has 1 amide bonds. The largest absolute Gasteiger partial charge is 0.508 e. The van der Waals surface area contributed by atoms with E-state index >= 15 is 0 Å². The maximum atomic E-state index is 12.8. The molecule has 0 bridgehead atoms. The van der Waals surface area contributed by atoms with Crippen molar-refractivity contribution in [1.29, 1.82) is 0 Å². The van der Waals surface area contributed by atoms with E-state index in [-0.39, 0.29) is 17.9 Å². The van der Waals surface area contributed by atoms with Crippen molar-refractivity contribution in [3.8, 4) is 11.5 Å². The summed E-state index contributed by atoms with van der Waals surface area (Å²) in [7, 11) is 0. The molecule has 0 saturated heterocycles. The molecule has 0 aliphatic carbocycles. The lowest BCUT2D eigenvalue weighted by atomic mass is 10.1. The maximum Gasteiger partial charge on any atom is 0.255 e. The Kier molecular flexibility index (Phi) is 3.66. The predicted octanol–water partition coefficient (Wildman–Crippen LogP) is 2.17. The van der Waals surface area contributed by atoms with E-state index in [9.17, 15) is 19.4 Å². The van der Waals surface area contributed by atoms with Gasteiger partial charge in [0.15, 0.2) is 0 Å². The van der Waals surface area contributed by atoms with Gasteiger partial charge in [0.1, 0.15) is 17.3 Å². The Morgan fingerprint density at radius 1 is 1.16 bits per heavy atom. The highest BCUT2D eigenvalue weighted by molar-refractivity contribution is 5.96. The van der Waals surface area contributed by atoms with Crippen LogP contribution in [0.1, 0.15) is 15.9 Å². The molecule has 0 aliphatic rings. The van der Waals surface area contributed by atoms with Crippen LogP contribution >= 0.6 is 0 Å². The first kappa shape index (κ1) is 12.9. The van der Waals surface area contributed by atoms with Gasteiger partial charge in [0, 0.05) is 12.6 Å². The molecule has 0 heterocycles. The fraction of sp³-hybridized carbons (Fsp3) is 0.0714. The first-order chi connectivity index (χ1) is 9.06. The van der Waals surface area contributed by atoms with Crippen LogP contribution in [0.3, 0.4) is 0 Å². The number of phenolic OH excluding ortho intramolecular Hbond substituents is 2. The van der Waals surface area contributed by atoms with Crippen molar-refractivity contribution in [3.05, 3.63) is 59.4 Å². The highest BCUT2D eigenvalue weighted by Gasteiger charge is 2.11. The summed E-state index contributed by atoms with van der Waals surface area (Å²) >= 11 is 0. The molecule has 0 spiro atoms. The summed E-state index contributed by atoms with van der Waals surface area (Å²) in [6, 6.07) is 9.63. The number of carbonyl (C=O) groups excluding carboxylic acids is 1. The second kappa shape index (κ2) is 5.39. The topological polar surface area (TPSA) is 69.6 Å². The molecule has 5 heteroatoms. The molecule has 0 atom stereocenters. The van der Waals surface area contributed by atoms with Gasteiger partial charge in [-0.1, -0.05) is 12.1 Å². The zero-order valence-electron chi connectivity index (χ0n) is 9.93. The van der Waals surface area contributed by atoms with Crippen molar-refractivity contribution in [2.24, 2.45) is 0 Å².